The molecule has 0 fully saturated rings. The van der Waals surface area contributed by atoms with Gasteiger partial charge < -0.3 is 4.74 Å². The highest BCUT2D eigenvalue weighted by atomic mass is 19.4. The lowest BCUT2D eigenvalue weighted by Gasteiger charge is -2.20. The number of unbranched alkanes of at least 4 members (excludes halogenated alkanes) is 1. The van der Waals surface area contributed by atoms with Gasteiger partial charge in [0.25, 0.3) is 0 Å². The first-order valence-corrected chi connectivity index (χ1v) is 8.93. The number of allylic oxidation sites excluding steroid dienone is 2. The number of halogens is 6. The van der Waals surface area contributed by atoms with Crippen molar-refractivity contribution >= 4 is 0 Å². The molecule has 3 rings (SSSR count). The summed E-state index contributed by atoms with van der Waals surface area (Å²) in [6.45, 7) is 2.09. The zero-order chi connectivity index (χ0) is 20.5. The average molecular weight is 400 g/mol. The average Bonchev–Trinajstić information content (AvgIpc) is 2.62. The minimum absolute atomic E-state index is 0.0690. The van der Waals surface area contributed by atoms with Crippen LogP contribution in [0.5, 0.6) is 5.75 Å². The Hall–Kier alpha value is -2.44. The van der Waals surface area contributed by atoms with Crippen LogP contribution in [-0.2, 0) is 12.8 Å². The van der Waals surface area contributed by atoms with Crippen LogP contribution in [0.1, 0.15) is 37.3 Å². The van der Waals surface area contributed by atoms with Crippen LogP contribution in [0.3, 0.4) is 0 Å². The molecule has 0 radical (unpaired) electrons. The number of ether oxygens (including phenoxy) is 1. The molecular formula is C21H18F6O. The Morgan fingerprint density at radius 1 is 1.04 bits per heavy atom. The smallest absolute Gasteiger partial charge is 0.399 e. The summed E-state index contributed by atoms with van der Waals surface area (Å²) >= 11 is 0. The Bertz CT molecular complexity index is 891. The van der Waals surface area contributed by atoms with E-state index < -0.39 is 29.6 Å². The highest BCUT2D eigenvalue weighted by Gasteiger charge is 2.34. The number of hydrogen-bond donors (Lipinski definition) is 0. The van der Waals surface area contributed by atoms with E-state index in [1.165, 1.54) is 11.6 Å². The summed E-state index contributed by atoms with van der Waals surface area (Å²) in [5.41, 5.74) is 2.22. The molecule has 0 aliphatic heterocycles. The number of hydrogen-bond acceptors (Lipinski definition) is 1. The maximum absolute atomic E-state index is 15.0. The van der Waals surface area contributed by atoms with Gasteiger partial charge in [-0.15, -0.1) is 13.2 Å². The first-order valence-electron chi connectivity index (χ1n) is 8.93. The van der Waals surface area contributed by atoms with E-state index in [0.29, 0.717) is 30.5 Å². The molecule has 2 aromatic rings. The van der Waals surface area contributed by atoms with Crippen LogP contribution in [-0.4, -0.2) is 6.36 Å². The third-order valence-corrected chi connectivity index (χ3v) is 4.73. The Balaban J connectivity index is 1.93. The SMILES string of the molecule is CCCCC1=CCc2c(ccc(-c3cc(F)c(OC(F)(F)F)c(F)c3)c2F)C1. The van der Waals surface area contributed by atoms with Crippen molar-refractivity contribution in [3.05, 3.63) is 64.5 Å². The van der Waals surface area contributed by atoms with Gasteiger partial charge in [-0.25, -0.2) is 13.2 Å². The molecule has 0 heterocycles. The molecule has 28 heavy (non-hydrogen) atoms. The van der Waals surface area contributed by atoms with E-state index >= 15 is 0 Å². The number of fused-ring (bicyclic) bond motifs is 1. The van der Waals surface area contributed by atoms with Crippen LogP contribution in [0.4, 0.5) is 26.3 Å². The molecule has 1 aliphatic carbocycles. The summed E-state index contributed by atoms with van der Waals surface area (Å²) in [7, 11) is 0. The van der Waals surface area contributed by atoms with Gasteiger partial charge in [-0.05, 0) is 54.5 Å². The second kappa shape index (κ2) is 7.89. The minimum Gasteiger partial charge on any atom is -0.399 e. The Morgan fingerprint density at radius 2 is 1.71 bits per heavy atom. The van der Waals surface area contributed by atoms with Crippen LogP contribution >= 0.6 is 0 Å². The van der Waals surface area contributed by atoms with Crippen molar-refractivity contribution in [2.24, 2.45) is 0 Å². The number of alkyl halides is 3. The predicted molar refractivity (Wildman–Crippen MR) is 93.5 cm³/mol. The fourth-order valence-corrected chi connectivity index (χ4v) is 3.36. The van der Waals surface area contributed by atoms with Crippen LogP contribution in [0.2, 0.25) is 0 Å². The number of rotatable bonds is 5. The molecule has 0 amide bonds. The van der Waals surface area contributed by atoms with E-state index in [0.717, 1.165) is 24.8 Å². The minimum atomic E-state index is -5.23. The molecule has 0 saturated carbocycles. The summed E-state index contributed by atoms with van der Waals surface area (Å²) in [4.78, 5) is 0. The number of benzene rings is 2. The molecular weight excluding hydrogens is 382 g/mol. The third kappa shape index (κ3) is 4.34. The normalized spacial score (nSPS) is 13.9. The monoisotopic (exact) mass is 400 g/mol. The van der Waals surface area contributed by atoms with Gasteiger partial charge in [0.15, 0.2) is 11.6 Å². The highest BCUT2D eigenvalue weighted by molar-refractivity contribution is 5.67. The molecule has 1 aliphatic rings. The lowest BCUT2D eigenvalue weighted by atomic mass is 9.86. The van der Waals surface area contributed by atoms with Gasteiger partial charge in [0, 0.05) is 5.56 Å². The van der Waals surface area contributed by atoms with Crippen LogP contribution in [0.25, 0.3) is 11.1 Å². The van der Waals surface area contributed by atoms with E-state index in [2.05, 4.69) is 11.7 Å². The van der Waals surface area contributed by atoms with Gasteiger partial charge in [0.1, 0.15) is 5.82 Å². The zero-order valence-electron chi connectivity index (χ0n) is 15.1. The van der Waals surface area contributed by atoms with E-state index in [9.17, 15) is 26.3 Å². The standard InChI is InChI=1S/C21H18F6O/c1-2-3-4-12-5-7-15-13(9-12)6-8-16(19(15)24)14-10-17(22)20(18(23)11-14)28-21(25,26)27/h5-6,8,10-11H,2-4,7,9H2,1H3. The maximum atomic E-state index is 15.0. The van der Waals surface area contributed by atoms with Crippen LogP contribution in [0.15, 0.2) is 35.9 Å². The summed E-state index contributed by atoms with van der Waals surface area (Å²) in [5, 5.41) is 0. The second-order valence-corrected chi connectivity index (χ2v) is 6.73. The van der Waals surface area contributed by atoms with Crippen LogP contribution < -0.4 is 4.74 Å². The Morgan fingerprint density at radius 3 is 2.32 bits per heavy atom. The highest BCUT2D eigenvalue weighted by Crippen LogP contribution is 2.36. The quantitative estimate of drug-likeness (QED) is 0.392. The molecule has 7 heteroatoms. The molecule has 1 nitrogen and oxygen atoms in total. The first kappa shape index (κ1) is 20.3. The van der Waals surface area contributed by atoms with Gasteiger partial charge in [0.05, 0.1) is 0 Å². The van der Waals surface area contributed by atoms with Gasteiger partial charge in [-0.1, -0.05) is 37.1 Å². The molecule has 0 unspecified atom stereocenters. The fraction of sp³-hybridized carbons (Fsp3) is 0.333. The molecule has 0 atom stereocenters. The van der Waals surface area contributed by atoms with Crippen LogP contribution in [0, 0.1) is 17.5 Å². The van der Waals surface area contributed by atoms with Crippen molar-refractivity contribution in [2.75, 3.05) is 0 Å². The van der Waals surface area contributed by atoms with Gasteiger partial charge >= 0.3 is 6.36 Å². The summed E-state index contributed by atoms with van der Waals surface area (Å²) in [6, 6.07) is 4.37. The third-order valence-electron chi connectivity index (χ3n) is 4.73. The lowest BCUT2D eigenvalue weighted by molar-refractivity contribution is -0.276. The van der Waals surface area contributed by atoms with Crippen molar-refractivity contribution in [1.82, 2.24) is 0 Å². The topological polar surface area (TPSA) is 9.23 Å². The molecule has 0 aromatic heterocycles. The summed E-state index contributed by atoms with van der Waals surface area (Å²) in [5.74, 6) is -5.28. The van der Waals surface area contributed by atoms with E-state index in [4.69, 9.17) is 0 Å². The second-order valence-electron chi connectivity index (χ2n) is 6.73. The molecule has 0 N–H and O–H groups in total. The first-order chi connectivity index (χ1) is 13.2. The molecule has 2 aromatic carbocycles. The van der Waals surface area contributed by atoms with Crippen molar-refractivity contribution in [1.29, 1.82) is 0 Å². The Labute approximate surface area is 158 Å². The molecule has 0 spiro atoms. The van der Waals surface area contributed by atoms with Crippen molar-refractivity contribution in [3.63, 3.8) is 0 Å². The van der Waals surface area contributed by atoms with Crippen molar-refractivity contribution < 1.29 is 31.1 Å². The maximum Gasteiger partial charge on any atom is 0.573 e. The fourth-order valence-electron chi connectivity index (χ4n) is 3.36. The van der Waals surface area contributed by atoms with E-state index in [1.54, 1.807) is 6.07 Å². The Kier molecular flexibility index (Phi) is 5.72. The van der Waals surface area contributed by atoms with E-state index in [1.807, 2.05) is 6.08 Å². The predicted octanol–water partition coefficient (Wildman–Crippen LogP) is 6.88. The molecule has 150 valence electrons. The lowest BCUT2D eigenvalue weighted by Crippen LogP contribution is -2.19. The van der Waals surface area contributed by atoms with E-state index in [-0.39, 0.29) is 11.1 Å². The van der Waals surface area contributed by atoms with Gasteiger partial charge in [0.2, 0.25) is 5.75 Å². The molecule has 0 saturated heterocycles. The van der Waals surface area contributed by atoms with Crippen molar-refractivity contribution in [2.45, 2.75) is 45.4 Å². The zero-order valence-corrected chi connectivity index (χ0v) is 15.1. The largest absolute Gasteiger partial charge is 0.573 e. The summed E-state index contributed by atoms with van der Waals surface area (Å²) < 4.78 is 83.1. The van der Waals surface area contributed by atoms with Gasteiger partial charge in [-0.2, -0.15) is 0 Å². The van der Waals surface area contributed by atoms with Crippen molar-refractivity contribution in [3.8, 4) is 16.9 Å². The summed E-state index contributed by atoms with van der Waals surface area (Å²) in [6.07, 6.45) is 0.766. The van der Waals surface area contributed by atoms with Gasteiger partial charge in [-0.3, -0.25) is 0 Å². The molecule has 0 bridgehead atoms.